The maximum absolute atomic E-state index is 12.1. The molecule has 26 heavy (non-hydrogen) atoms. The van der Waals surface area contributed by atoms with Crippen molar-refractivity contribution in [1.29, 1.82) is 0 Å². The van der Waals surface area contributed by atoms with E-state index in [0.29, 0.717) is 12.2 Å². The second kappa shape index (κ2) is 6.78. The number of carbonyl (C=O) groups excluding carboxylic acids is 3. The van der Waals surface area contributed by atoms with Crippen molar-refractivity contribution in [3.8, 4) is 0 Å². The molecule has 2 heterocycles. The number of hydrogen-bond donors (Lipinski definition) is 3. The van der Waals surface area contributed by atoms with Crippen LogP contribution in [0.4, 0.5) is 4.79 Å². The Bertz CT molecular complexity index is 824. The number of para-hydroxylation sites is 2. The molecule has 0 saturated carbocycles. The first-order chi connectivity index (χ1) is 12.3. The minimum absolute atomic E-state index is 0.149. The third kappa shape index (κ3) is 3.54. The van der Waals surface area contributed by atoms with Crippen LogP contribution in [0.2, 0.25) is 0 Å². The second-order valence-corrected chi connectivity index (χ2v) is 7.04. The fourth-order valence-electron chi connectivity index (χ4n) is 2.98. The molecule has 1 atom stereocenters. The molecule has 8 heteroatoms. The molecule has 138 valence electrons. The molecule has 0 spiro atoms. The number of H-pyrrole nitrogens is 1. The van der Waals surface area contributed by atoms with Gasteiger partial charge in [-0.1, -0.05) is 12.1 Å². The van der Waals surface area contributed by atoms with Gasteiger partial charge in [-0.15, -0.1) is 0 Å². The molecule has 3 rings (SSSR count). The monoisotopic (exact) mass is 357 g/mol. The highest BCUT2D eigenvalue weighted by Gasteiger charge is 2.43. The van der Waals surface area contributed by atoms with Gasteiger partial charge in [0.05, 0.1) is 17.1 Å². The summed E-state index contributed by atoms with van der Waals surface area (Å²) in [6, 6.07) is 7.00. The molecule has 0 unspecified atom stereocenters. The molecule has 3 N–H and O–H groups in total. The largest absolute Gasteiger partial charge is 0.346 e. The van der Waals surface area contributed by atoms with Crippen LogP contribution >= 0.6 is 0 Å². The van der Waals surface area contributed by atoms with Gasteiger partial charge in [-0.25, -0.2) is 9.78 Å². The van der Waals surface area contributed by atoms with Crippen LogP contribution < -0.4 is 10.6 Å². The zero-order valence-electron chi connectivity index (χ0n) is 15.1. The smallest absolute Gasteiger partial charge is 0.325 e. The number of fused-ring (bicyclic) bond motifs is 1. The molecule has 8 nitrogen and oxygen atoms in total. The van der Waals surface area contributed by atoms with Crippen LogP contribution in [-0.4, -0.2) is 44.8 Å². The molecule has 1 aliphatic heterocycles. The molecule has 1 aromatic heterocycles. The van der Waals surface area contributed by atoms with E-state index in [1.165, 1.54) is 0 Å². The number of amides is 4. The molecule has 0 aliphatic carbocycles. The van der Waals surface area contributed by atoms with Gasteiger partial charge in [0.2, 0.25) is 5.91 Å². The number of nitrogens with zero attached hydrogens (tertiary/aromatic N) is 2. The number of nitrogens with one attached hydrogen (secondary N) is 3. The maximum atomic E-state index is 12.1. The van der Waals surface area contributed by atoms with Gasteiger partial charge in [0, 0.05) is 13.0 Å². The van der Waals surface area contributed by atoms with Crippen LogP contribution in [0.15, 0.2) is 24.3 Å². The maximum Gasteiger partial charge on any atom is 0.325 e. The van der Waals surface area contributed by atoms with Crippen LogP contribution in [0.3, 0.4) is 0 Å². The lowest BCUT2D eigenvalue weighted by Crippen LogP contribution is -2.40. The number of imidazole rings is 1. The zero-order chi connectivity index (χ0) is 18.9. The predicted octanol–water partition coefficient (Wildman–Crippen LogP) is 1.85. The molecule has 1 saturated heterocycles. The summed E-state index contributed by atoms with van der Waals surface area (Å²) < 4.78 is 0. The van der Waals surface area contributed by atoms with Crippen LogP contribution in [-0.2, 0) is 9.59 Å². The van der Waals surface area contributed by atoms with E-state index in [0.717, 1.165) is 15.9 Å². The van der Waals surface area contributed by atoms with Crippen LogP contribution in [0, 0.1) is 0 Å². The summed E-state index contributed by atoms with van der Waals surface area (Å²) in [6.07, 6.45) is 0.635. The highest BCUT2D eigenvalue weighted by atomic mass is 16.2. The highest BCUT2D eigenvalue weighted by molar-refractivity contribution is 6.06. The van der Waals surface area contributed by atoms with Crippen molar-refractivity contribution in [3.63, 3.8) is 0 Å². The van der Waals surface area contributed by atoms with Gasteiger partial charge >= 0.3 is 6.03 Å². The van der Waals surface area contributed by atoms with E-state index in [9.17, 15) is 14.4 Å². The van der Waals surface area contributed by atoms with Crippen molar-refractivity contribution < 1.29 is 14.4 Å². The van der Waals surface area contributed by atoms with E-state index in [2.05, 4.69) is 20.6 Å². The Morgan fingerprint density at radius 1 is 1.31 bits per heavy atom. The third-order valence-corrected chi connectivity index (χ3v) is 4.43. The van der Waals surface area contributed by atoms with Crippen molar-refractivity contribution in [2.75, 3.05) is 6.54 Å². The van der Waals surface area contributed by atoms with Crippen molar-refractivity contribution in [3.05, 3.63) is 30.1 Å². The molecule has 2 aromatic rings. The first-order valence-electron chi connectivity index (χ1n) is 8.66. The Balaban J connectivity index is 1.50. The van der Waals surface area contributed by atoms with Crippen molar-refractivity contribution >= 4 is 28.9 Å². The minimum atomic E-state index is -0.880. The highest BCUT2D eigenvalue weighted by Crippen LogP contribution is 2.18. The van der Waals surface area contributed by atoms with Gasteiger partial charge in [-0.05, 0) is 39.3 Å². The Morgan fingerprint density at radius 3 is 2.69 bits per heavy atom. The number of aromatic amines is 1. The normalized spacial score (nSPS) is 17.4. The predicted molar refractivity (Wildman–Crippen MR) is 96.2 cm³/mol. The SMILES string of the molecule is C[C@H](NC(=O)CCCN1C(=O)NC(C)(C)C1=O)c1nc2ccccc2[nH]1. The molecule has 1 aliphatic rings. The number of imide groups is 1. The van der Waals surface area contributed by atoms with E-state index in [1.807, 2.05) is 31.2 Å². The van der Waals surface area contributed by atoms with Crippen LogP contribution in [0.25, 0.3) is 11.0 Å². The molecular weight excluding hydrogens is 334 g/mol. The summed E-state index contributed by atoms with van der Waals surface area (Å²) in [5.74, 6) is 0.276. The van der Waals surface area contributed by atoms with Gasteiger partial charge < -0.3 is 15.6 Å². The van der Waals surface area contributed by atoms with E-state index < -0.39 is 11.6 Å². The molecule has 1 fully saturated rings. The number of rotatable bonds is 6. The van der Waals surface area contributed by atoms with Crippen molar-refractivity contribution in [2.45, 2.75) is 45.2 Å². The van der Waals surface area contributed by atoms with E-state index in [4.69, 9.17) is 0 Å². The summed E-state index contributed by atoms with van der Waals surface area (Å²) in [4.78, 5) is 44.9. The zero-order valence-corrected chi connectivity index (χ0v) is 15.1. The minimum Gasteiger partial charge on any atom is -0.346 e. The first kappa shape index (κ1) is 17.9. The number of urea groups is 1. The summed E-state index contributed by atoms with van der Waals surface area (Å²) >= 11 is 0. The van der Waals surface area contributed by atoms with E-state index in [1.54, 1.807) is 13.8 Å². The van der Waals surface area contributed by atoms with Crippen molar-refractivity contribution in [1.82, 2.24) is 25.5 Å². The van der Waals surface area contributed by atoms with Gasteiger partial charge in [-0.3, -0.25) is 14.5 Å². The first-order valence-corrected chi connectivity index (χ1v) is 8.66. The third-order valence-electron chi connectivity index (χ3n) is 4.43. The van der Waals surface area contributed by atoms with Crippen LogP contribution in [0.1, 0.15) is 45.5 Å². The lowest BCUT2D eigenvalue weighted by Gasteiger charge is -2.16. The quantitative estimate of drug-likeness (QED) is 0.686. The molecule has 0 radical (unpaired) electrons. The second-order valence-electron chi connectivity index (χ2n) is 7.04. The topological polar surface area (TPSA) is 107 Å². The lowest BCUT2D eigenvalue weighted by atomic mass is 10.1. The number of benzene rings is 1. The van der Waals surface area contributed by atoms with Gasteiger partial charge in [0.1, 0.15) is 11.4 Å². The summed E-state index contributed by atoms with van der Waals surface area (Å²) in [6.45, 7) is 5.40. The van der Waals surface area contributed by atoms with E-state index >= 15 is 0 Å². The number of aromatic nitrogens is 2. The summed E-state index contributed by atoms with van der Waals surface area (Å²) in [7, 11) is 0. The van der Waals surface area contributed by atoms with Gasteiger partial charge in [-0.2, -0.15) is 0 Å². The number of hydrogen-bond acceptors (Lipinski definition) is 4. The Hall–Kier alpha value is -2.90. The summed E-state index contributed by atoms with van der Waals surface area (Å²) in [5, 5.41) is 5.51. The van der Waals surface area contributed by atoms with Crippen molar-refractivity contribution in [2.24, 2.45) is 0 Å². The Morgan fingerprint density at radius 2 is 2.04 bits per heavy atom. The summed E-state index contributed by atoms with van der Waals surface area (Å²) in [5.41, 5.74) is 0.893. The average Bonchev–Trinajstić information content (AvgIpc) is 3.09. The van der Waals surface area contributed by atoms with Crippen LogP contribution in [0.5, 0.6) is 0 Å². The van der Waals surface area contributed by atoms with E-state index in [-0.39, 0.29) is 30.8 Å². The fourth-order valence-corrected chi connectivity index (χ4v) is 2.98. The fraction of sp³-hybridized carbons (Fsp3) is 0.444. The molecule has 4 amide bonds. The Labute approximate surface area is 151 Å². The van der Waals surface area contributed by atoms with Gasteiger partial charge in [0.15, 0.2) is 0 Å². The number of carbonyl (C=O) groups is 3. The molecular formula is C18H23N5O3. The van der Waals surface area contributed by atoms with Gasteiger partial charge in [0.25, 0.3) is 5.91 Å². The standard InChI is InChI=1S/C18H23N5O3/c1-11(15-20-12-7-4-5-8-13(12)21-15)19-14(24)9-6-10-23-16(25)18(2,3)22-17(23)26/h4-5,7-8,11H,6,9-10H2,1-3H3,(H,19,24)(H,20,21)(H,22,26)/t11-/m0/s1. The Kier molecular flexibility index (Phi) is 4.67. The lowest BCUT2D eigenvalue weighted by molar-refractivity contribution is -0.130. The average molecular weight is 357 g/mol. The molecule has 0 bridgehead atoms. The molecule has 1 aromatic carbocycles.